The van der Waals surface area contributed by atoms with Crippen molar-refractivity contribution < 1.29 is 14.7 Å². The molecule has 1 saturated heterocycles. The zero-order valence-electron chi connectivity index (χ0n) is 10.3. The van der Waals surface area contributed by atoms with Crippen molar-refractivity contribution in [3.63, 3.8) is 0 Å². The molecule has 0 radical (unpaired) electrons. The van der Waals surface area contributed by atoms with Crippen molar-refractivity contribution >= 4 is 12.0 Å². The molecule has 17 heavy (non-hydrogen) atoms. The summed E-state index contributed by atoms with van der Waals surface area (Å²) in [6.07, 6.45) is 2.20. The molecule has 5 nitrogen and oxygen atoms in total. The zero-order valence-corrected chi connectivity index (χ0v) is 10.3. The second kappa shape index (κ2) is 4.55. The number of hydrogen-bond donors (Lipinski definition) is 2. The van der Waals surface area contributed by atoms with Crippen LogP contribution in [-0.4, -0.2) is 40.6 Å². The van der Waals surface area contributed by atoms with Crippen molar-refractivity contribution in [1.29, 1.82) is 0 Å². The van der Waals surface area contributed by atoms with Crippen LogP contribution in [-0.2, 0) is 4.79 Å². The molecule has 2 N–H and O–H groups in total. The van der Waals surface area contributed by atoms with Gasteiger partial charge in [0.05, 0.1) is 5.92 Å². The minimum atomic E-state index is -0.736. The number of carbonyl (C=O) groups excluding carboxylic acids is 1. The molecule has 1 heterocycles. The van der Waals surface area contributed by atoms with Gasteiger partial charge in [-0.25, -0.2) is 4.79 Å². The summed E-state index contributed by atoms with van der Waals surface area (Å²) in [5.74, 6) is -0.426. The third-order valence-corrected chi connectivity index (χ3v) is 3.66. The maximum atomic E-state index is 11.7. The van der Waals surface area contributed by atoms with Crippen LogP contribution in [0.1, 0.15) is 33.1 Å². The lowest BCUT2D eigenvalue weighted by Crippen LogP contribution is -2.48. The van der Waals surface area contributed by atoms with Crippen LogP contribution >= 0.6 is 0 Å². The molecule has 1 aliphatic carbocycles. The summed E-state index contributed by atoms with van der Waals surface area (Å²) in [6.45, 7) is 5.01. The maximum absolute atomic E-state index is 11.7. The minimum Gasteiger partial charge on any atom is -0.481 e. The molecule has 1 unspecified atom stereocenters. The molecule has 1 aliphatic heterocycles. The summed E-state index contributed by atoms with van der Waals surface area (Å²) in [4.78, 5) is 24.3. The predicted molar refractivity (Wildman–Crippen MR) is 62.6 cm³/mol. The Morgan fingerprint density at radius 3 is 2.71 bits per heavy atom. The van der Waals surface area contributed by atoms with E-state index in [9.17, 15) is 9.59 Å². The number of rotatable bonds is 4. The first-order chi connectivity index (χ1) is 7.97. The molecule has 2 rings (SSSR count). The summed E-state index contributed by atoms with van der Waals surface area (Å²) >= 11 is 0. The first kappa shape index (κ1) is 12.2. The highest BCUT2D eigenvalue weighted by Gasteiger charge is 2.43. The molecular formula is C12H20N2O3. The molecule has 0 aromatic heterocycles. The van der Waals surface area contributed by atoms with E-state index in [4.69, 9.17) is 5.11 Å². The fourth-order valence-corrected chi connectivity index (χ4v) is 2.68. The second-order valence-corrected chi connectivity index (χ2v) is 5.59. The van der Waals surface area contributed by atoms with Gasteiger partial charge in [-0.15, -0.1) is 0 Å². The molecule has 0 aromatic carbocycles. The number of nitrogens with one attached hydrogen (secondary N) is 1. The van der Waals surface area contributed by atoms with Gasteiger partial charge in [-0.05, 0) is 25.2 Å². The van der Waals surface area contributed by atoms with Crippen LogP contribution in [0.4, 0.5) is 4.79 Å². The number of carboxylic acid groups (broad SMARTS) is 1. The quantitative estimate of drug-likeness (QED) is 0.778. The van der Waals surface area contributed by atoms with Crippen molar-refractivity contribution in [2.24, 2.45) is 11.8 Å². The van der Waals surface area contributed by atoms with Gasteiger partial charge in [-0.1, -0.05) is 13.8 Å². The highest BCUT2D eigenvalue weighted by atomic mass is 16.4. The van der Waals surface area contributed by atoms with Gasteiger partial charge in [0, 0.05) is 18.6 Å². The first-order valence-electron chi connectivity index (χ1n) is 6.27. The topological polar surface area (TPSA) is 69.6 Å². The van der Waals surface area contributed by atoms with Gasteiger partial charge in [-0.3, -0.25) is 4.79 Å². The first-order valence-corrected chi connectivity index (χ1v) is 6.27. The number of amides is 2. The third kappa shape index (κ3) is 2.53. The van der Waals surface area contributed by atoms with Crippen LogP contribution in [0.2, 0.25) is 0 Å². The number of nitrogens with zero attached hydrogens (tertiary/aromatic N) is 1. The van der Waals surface area contributed by atoms with Crippen LogP contribution in [0.25, 0.3) is 0 Å². The number of carboxylic acids is 1. The van der Waals surface area contributed by atoms with Gasteiger partial charge in [-0.2, -0.15) is 0 Å². The SMILES string of the molecule is CC(C)CC1CN(C2CC(C(=O)O)C2)C(=O)N1. The van der Waals surface area contributed by atoms with Crippen molar-refractivity contribution in [2.75, 3.05) is 6.54 Å². The normalized spacial score (nSPS) is 32.5. The molecule has 1 saturated carbocycles. The van der Waals surface area contributed by atoms with E-state index < -0.39 is 5.97 Å². The van der Waals surface area contributed by atoms with Crippen molar-refractivity contribution in [1.82, 2.24) is 10.2 Å². The van der Waals surface area contributed by atoms with E-state index in [0.717, 1.165) is 13.0 Å². The molecular weight excluding hydrogens is 220 g/mol. The number of carbonyl (C=O) groups is 2. The molecule has 2 amide bonds. The summed E-state index contributed by atoms with van der Waals surface area (Å²) in [5, 5.41) is 11.8. The third-order valence-electron chi connectivity index (χ3n) is 3.66. The smallest absolute Gasteiger partial charge is 0.317 e. The average Bonchev–Trinajstić information content (AvgIpc) is 2.42. The van der Waals surface area contributed by atoms with Gasteiger partial charge >= 0.3 is 12.0 Å². The summed E-state index contributed by atoms with van der Waals surface area (Å²) in [5.41, 5.74) is 0. The highest BCUT2D eigenvalue weighted by molar-refractivity contribution is 5.78. The Labute approximate surface area is 101 Å². The Hall–Kier alpha value is -1.26. The average molecular weight is 240 g/mol. The Balaban J connectivity index is 1.83. The van der Waals surface area contributed by atoms with E-state index >= 15 is 0 Å². The molecule has 0 aromatic rings. The van der Waals surface area contributed by atoms with Crippen LogP contribution in [0.3, 0.4) is 0 Å². The molecule has 5 heteroatoms. The number of hydrogen-bond acceptors (Lipinski definition) is 2. The molecule has 2 aliphatic rings. The number of aliphatic carboxylic acids is 1. The van der Waals surface area contributed by atoms with E-state index in [1.165, 1.54) is 0 Å². The van der Waals surface area contributed by atoms with E-state index in [2.05, 4.69) is 19.2 Å². The standard InChI is InChI=1S/C12H20N2O3/c1-7(2)3-9-6-14(12(17)13-9)10-4-8(5-10)11(15)16/h7-10H,3-6H2,1-2H3,(H,13,17)(H,15,16). The highest BCUT2D eigenvalue weighted by Crippen LogP contribution is 2.33. The largest absolute Gasteiger partial charge is 0.481 e. The van der Waals surface area contributed by atoms with Gasteiger partial charge in [0.15, 0.2) is 0 Å². The summed E-state index contributed by atoms with van der Waals surface area (Å²) < 4.78 is 0. The fraction of sp³-hybridized carbons (Fsp3) is 0.833. The van der Waals surface area contributed by atoms with E-state index in [-0.39, 0.29) is 24.0 Å². The van der Waals surface area contributed by atoms with Crippen LogP contribution < -0.4 is 5.32 Å². The van der Waals surface area contributed by atoms with Gasteiger partial charge in [0.2, 0.25) is 0 Å². The Bertz CT molecular complexity index is 324. The molecule has 2 fully saturated rings. The molecule has 1 atom stereocenters. The van der Waals surface area contributed by atoms with Gasteiger partial charge in [0.1, 0.15) is 0 Å². The molecule has 96 valence electrons. The molecule has 0 spiro atoms. The second-order valence-electron chi connectivity index (χ2n) is 5.59. The van der Waals surface area contributed by atoms with Crippen molar-refractivity contribution in [3.8, 4) is 0 Å². The monoisotopic (exact) mass is 240 g/mol. The van der Waals surface area contributed by atoms with Crippen molar-refractivity contribution in [2.45, 2.75) is 45.2 Å². The Morgan fingerprint density at radius 1 is 1.53 bits per heavy atom. The van der Waals surface area contributed by atoms with E-state index in [1.807, 2.05) is 4.90 Å². The maximum Gasteiger partial charge on any atom is 0.317 e. The van der Waals surface area contributed by atoms with Gasteiger partial charge < -0.3 is 15.3 Å². The van der Waals surface area contributed by atoms with E-state index in [0.29, 0.717) is 18.8 Å². The zero-order chi connectivity index (χ0) is 12.6. The van der Waals surface area contributed by atoms with Crippen molar-refractivity contribution in [3.05, 3.63) is 0 Å². The van der Waals surface area contributed by atoms with Gasteiger partial charge in [0.25, 0.3) is 0 Å². The van der Waals surface area contributed by atoms with E-state index in [1.54, 1.807) is 0 Å². The lowest BCUT2D eigenvalue weighted by molar-refractivity contribution is -0.146. The van der Waals surface area contributed by atoms with Crippen LogP contribution in [0.5, 0.6) is 0 Å². The Morgan fingerprint density at radius 2 is 2.18 bits per heavy atom. The lowest BCUT2D eigenvalue weighted by atomic mass is 9.79. The molecule has 0 bridgehead atoms. The number of urea groups is 1. The van der Waals surface area contributed by atoms with Crippen LogP contribution in [0, 0.1) is 11.8 Å². The Kier molecular flexibility index (Phi) is 3.26. The predicted octanol–water partition coefficient (Wildman–Crippen LogP) is 1.29. The minimum absolute atomic E-state index is 0.0236. The van der Waals surface area contributed by atoms with Crippen LogP contribution in [0.15, 0.2) is 0 Å². The fourth-order valence-electron chi connectivity index (χ4n) is 2.68. The lowest BCUT2D eigenvalue weighted by Gasteiger charge is -2.38. The summed E-state index contributed by atoms with van der Waals surface area (Å²) in [6, 6.07) is 0.337. The summed E-state index contributed by atoms with van der Waals surface area (Å²) in [7, 11) is 0.